The molecule has 0 atom stereocenters. The van der Waals surface area contributed by atoms with Crippen molar-refractivity contribution < 1.29 is 0 Å². The molecule has 9 heavy (non-hydrogen) atoms. The molecule has 0 radical (unpaired) electrons. The fraction of sp³-hybridized carbons (Fsp3) is 0.500. The highest BCUT2D eigenvalue weighted by molar-refractivity contribution is 5.83. The number of amidine groups is 1. The van der Waals surface area contributed by atoms with Gasteiger partial charge in [-0.2, -0.15) is 5.10 Å². The Morgan fingerprint density at radius 2 is 2.56 bits per heavy atom. The van der Waals surface area contributed by atoms with Gasteiger partial charge < -0.3 is 10.7 Å². The minimum Gasteiger partial charge on any atom is -0.338 e. The highest BCUT2D eigenvalue weighted by atomic mass is 15.2. The van der Waals surface area contributed by atoms with E-state index in [0.717, 1.165) is 18.7 Å². The van der Waals surface area contributed by atoms with Crippen LogP contribution in [0.15, 0.2) is 17.4 Å². The molecule has 0 aromatic rings. The lowest BCUT2D eigenvalue weighted by Gasteiger charge is -2.18. The van der Waals surface area contributed by atoms with Crippen LogP contribution in [0.25, 0.3) is 0 Å². The Hall–Kier alpha value is -0.990. The van der Waals surface area contributed by atoms with Crippen molar-refractivity contribution in [1.29, 1.82) is 0 Å². The molecule has 0 fully saturated rings. The van der Waals surface area contributed by atoms with Gasteiger partial charge in [0.05, 0.1) is 0 Å². The quantitative estimate of drug-likeness (QED) is 0.378. The Kier molecular flexibility index (Phi) is 1.72. The molecule has 0 saturated heterocycles. The molecule has 0 saturated carbocycles. The van der Waals surface area contributed by atoms with Crippen LogP contribution in [0.4, 0.5) is 0 Å². The molecule has 3 heteroatoms. The normalized spacial score (nSPS) is 23.2. The fourth-order valence-corrected chi connectivity index (χ4v) is 0.863. The number of allylic oxidation sites excluding steroid dienone is 1. The second kappa shape index (κ2) is 2.53. The van der Waals surface area contributed by atoms with Crippen molar-refractivity contribution in [3.63, 3.8) is 0 Å². The zero-order valence-electron chi connectivity index (χ0n) is 5.54. The molecule has 0 unspecified atom stereocenters. The van der Waals surface area contributed by atoms with Gasteiger partial charge in [0.15, 0.2) is 0 Å². The van der Waals surface area contributed by atoms with Gasteiger partial charge in [-0.1, -0.05) is 6.08 Å². The number of hydrazone groups is 1. The van der Waals surface area contributed by atoms with Gasteiger partial charge in [-0.3, -0.25) is 0 Å². The Balaban J connectivity index is 2.66. The van der Waals surface area contributed by atoms with Crippen LogP contribution in [0.5, 0.6) is 0 Å². The maximum Gasteiger partial charge on any atom is 0.128 e. The van der Waals surface area contributed by atoms with Gasteiger partial charge in [0, 0.05) is 19.7 Å². The van der Waals surface area contributed by atoms with E-state index in [9.17, 15) is 0 Å². The van der Waals surface area contributed by atoms with Crippen molar-refractivity contribution in [2.24, 2.45) is 10.9 Å². The largest absolute Gasteiger partial charge is 0.338 e. The molecule has 2 N–H and O–H groups in total. The van der Waals surface area contributed by atoms with Crippen LogP contribution in [-0.4, -0.2) is 17.8 Å². The lowest BCUT2D eigenvalue weighted by molar-refractivity contribution is 0.635. The predicted molar refractivity (Wildman–Crippen MR) is 37.8 cm³/mol. The van der Waals surface area contributed by atoms with Gasteiger partial charge in [-0.15, -0.1) is 0 Å². The van der Waals surface area contributed by atoms with Gasteiger partial charge >= 0.3 is 0 Å². The van der Waals surface area contributed by atoms with Crippen LogP contribution in [0.3, 0.4) is 0 Å². The minimum absolute atomic E-state index is 0.956. The highest BCUT2D eigenvalue weighted by Gasteiger charge is 2.05. The lowest BCUT2D eigenvalue weighted by atomic mass is 10.2. The number of rotatable bonds is 0. The summed E-state index contributed by atoms with van der Waals surface area (Å²) in [5, 5.41) is 3.62. The van der Waals surface area contributed by atoms with Gasteiger partial charge in [0.1, 0.15) is 5.84 Å². The topological polar surface area (TPSA) is 41.6 Å². The average molecular weight is 125 g/mol. The standard InChI is InChI=1S/C6H11N3/c1-9-5-3-2-4-6(9)8-7/h3,5H,2,4,7H2,1H3/b8-6+. The second-order valence-electron chi connectivity index (χ2n) is 2.08. The van der Waals surface area contributed by atoms with Crippen LogP contribution in [0.2, 0.25) is 0 Å². The Bertz CT molecular complexity index is 148. The van der Waals surface area contributed by atoms with E-state index in [0.29, 0.717) is 0 Å². The van der Waals surface area contributed by atoms with Crippen LogP contribution in [0.1, 0.15) is 12.8 Å². The van der Waals surface area contributed by atoms with Gasteiger partial charge in [0.2, 0.25) is 0 Å². The monoisotopic (exact) mass is 125 g/mol. The van der Waals surface area contributed by atoms with Gasteiger partial charge in [-0.25, -0.2) is 0 Å². The van der Waals surface area contributed by atoms with Crippen molar-refractivity contribution in [1.82, 2.24) is 4.90 Å². The molecule has 50 valence electrons. The van der Waals surface area contributed by atoms with Crippen molar-refractivity contribution in [3.05, 3.63) is 12.3 Å². The summed E-state index contributed by atoms with van der Waals surface area (Å²) in [4.78, 5) is 1.93. The SMILES string of the molecule is CN1C=CCC/C1=N\N. The molecule has 1 aliphatic heterocycles. The van der Waals surface area contributed by atoms with Crippen LogP contribution < -0.4 is 5.84 Å². The third kappa shape index (κ3) is 1.22. The first-order valence-electron chi connectivity index (χ1n) is 3.01. The molecule has 1 heterocycles. The summed E-state index contributed by atoms with van der Waals surface area (Å²) < 4.78 is 0. The van der Waals surface area contributed by atoms with E-state index in [-0.39, 0.29) is 0 Å². The average Bonchev–Trinajstić information content (AvgIpc) is 1.89. The Morgan fingerprint density at radius 1 is 1.78 bits per heavy atom. The third-order valence-corrected chi connectivity index (χ3v) is 1.42. The summed E-state index contributed by atoms with van der Waals surface area (Å²) in [6, 6.07) is 0. The molecule has 0 bridgehead atoms. The predicted octanol–water partition coefficient (Wildman–Crippen LogP) is 0.498. The highest BCUT2D eigenvalue weighted by Crippen LogP contribution is 2.05. The summed E-state index contributed by atoms with van der Waals surface area (Å²) in [6.45, 7) is 0. The number of nitrogens with two attached hydrogens (primary N) is 1. The summed E-state index contributed by atoms with van der Waals surface area (Å²) in [5.41, 5.74) is 0. The van der Waals surface area contributed by atoms with E-state index in [1.807, 2.05) is 18.1 Å². The number of hydrogen-bond acceptors (Lipinski definition) is 2. The van der Waals surface area contributed by atoms with Crippen molar-refractivity contribution in [3.8, 4) is 0 Å². The van der Waals surface area contributed by atoms with Crippen LogP contribution >= 0.6 is 0 Å². The molecule has 3 nitrogen and oxygen atoms in total. The number of hydrogen-bond donors (Lipinski definition) is 1. The summed E-state index contributed by atoms with van der Waals surface area (Å²) in [7, 11) is 1.95. The van der Waals surface area contributed by atoms with Crippen LogP contribution in [-0.2, 0) is 0 Å². The van der Waals surface area contributed by atoms with Crippen LogP contribution in [0, 0.1) is 0 Å². The van der Waals surface area contributed by atoms with Crippen molar-refractivity contribution >= 4 is 5.84 Å². The molecule has 1 rings (SSSR count). The molecule has 0 aromatic heterocycles. The van der Waals surface area contributed by atoms with E-state index in [2.05, 4.69) is 11.2 Å². The minimum atomic E-state index is 0.956. The van der Waals surface area contributed by atoms with Gasteiger partial charge in [0.25, 0.3) is 0 Å². The first-order valence-corrected chi connectivity index (χ1v) is 3.01. The Morgan fingerprint density at radius 3 is 3.00 bits per heavy atom. The van der Waals surface area contributed by atoms with E-state index in [4.69, 9.17) is 5.84 Å². The molecule has 0 spiro atoms. The first-order chi connectivity index (χ1) is 4.34. The smallest absolute Gasteiger partial charge is 0.128 e. The molecule has 0 aromatic carbocycles. The van der Waals surface area contributed by atoms with Gasteiger partial charge in [-0.05, 0) is 6.42 Å². The first kappa shape index (κ1) is 6.13. The summed E-state index contributed by atoms with van der Waals surface area (Å²) >= 11 is 0. The maximum absolute atomic E-state index is 5.11. The zero-order chi connectivity index (χ0) is 6.69. The fourth-order valence-electron chi connectivity index (χ4n) is 0.863. The molecule has 1 aliphatic rings. The maximum atomic E-state index is 5.11. The lowest BCUT2D eigenvalue weighted by Crippen LogP contribution is -2.24. The third-order valence-electron chi connectivity index (χ3n) is 1.42. The van der Waals surface area contributed by atoms with E-state index in [1.165, 1.54) is 0 Å². The number of nitrogens with zero attached hydrogens (tertiary/aromatic N) is 2. The van der Waals surface area contributed by atoms with E-state index >= 15 is 0 Å². The van der Waals surface area contributed by atoms with E-state index in [1.54, 1.807) is 0 Å². The summed E-state index contributed by atoms with van der Waals surface area (Å²) in [6.07, 6.45) is 6.10. The summed E-state index contributed by atoms with van der Waals surface area (Å²) in [5.74, 6) is 6.06. The Labute approximate surface area is 54.8 Å². The molecule has 0 aliphatic carbocycles. The molecule has 0 amide bonds. The molecular formula is C6H11N3. The zero-order valence-corrected chi connectivity index (χ0v) is 5.54. The molecular weight excluding hydrogens is 114 g/mol. The van der Waals surface area contributed by atoms with Crippen molar-refractivity contribution in [2.45, 2.75) is 12.8 Å². The van der Waals surface area contributed by atoms with E-state index < -0.39 is 0 Å². The second-order valence-corrected chi connectivity index (χ2v) is 2.08. The van der Waals surface area contributed by atoms with Crippen molar-refractivity contribution in [2.75, 3.05) is 7.05 Å².